The molecule has 0 bridgehead atoms. The van der Waals surface area contributed by atoms with E-state index in [9.17, 15) is 9.90 Å². The van der Waals surface area contributed by atoms with Gasteiger partial charge in [-0.25, -0.2) is 4.68 Å². The lowest BCUT2D eigenvalue weighted by atomic mass is 9.88. The minimum Gasteiger partial charge on any atom is -0.390 e. The predicted molar refractivity (Wildman–Crippen MR) is 92.1 cm³/mol. The van der Waals surface area contributed by atoms with Crippen molar-refractivity contribution in [2.24, 2.45) is 5.73 Å². The van der Waals surface area contributed by atoms with E-state index in [1.165, 1.54) is 0 Å². The van der Waals surface area contributed by atoms with Gasteiger partial charge in [0, 0.05) is 24.8 Å². The third kappa shape index (κ3) is 3.49. The molecule has 0 saturated carbocycles. The van der Waals surface area contributed by atoms with Crippen LogP contribution in [0.4, 0.5) is 0 Å². The lowest BCUT2D eigenvalue weighted by Crippen LogP contribution is -2.47. The molecule has 0 spiro atoms. The maximum absolute atomic E-state index is 12.6. The number of nitrogens with zero attached hydrogens (tertiary/aromatic N) is 3. The number of hydrogen-bond acceptors (Lipinski definition) is 4. The minimum absolute atomic E-state index is 0.00740. The van der Waals surface area contributed by atoms with Gasteiger partial charge in [-0.05, 0) is 62.6 Å². The Morgan fingerprint density at radius 1 is 1.29 bits per heavy atom. The highest BCUT2D eigenvalue weighted by atomic mass is 16.3. The van der Waals surface area contributed by atoms with Crippen LogP contribution in [0.5, 0.6) is 0 Å². The van der Waals surface area contributed by atoms with Crippen LogP contribution in [-0.2, 0) is 0 Å². The molecule has 1 aromatic heterocycles. The Bertz CT molecular complexity index is 700. The Kier molecular flexibility index (Phi) is 4.69. The molecule has 1 amide bonds. The van der Waals surface area contributed by atoms with E-state index >= 15 is 0 Å². The van der Waals surface area contributed by atoms with E-state index in [1.807, 2.05) is 37.4 Å². The van der Waals surface area contributed by atoms with E-state index in [4.69, 9.17) is 5.73 Å². The van der Waals surface area contributed by atoms with Gasteiger partial charge in [0.25, 0.3) is 5.91 Å². The number of aromatic nitrogens is 2. The molecule has 1 aliphatic rings. The summed E-state index contributed by atoms with van der Waals surface area (Å²) in [4.78, 5) is 14.4. The Labute approximate surface area is 141 Å². The summed E-state index contributed by atoms with van der Waals surface area (Å²) in [6.45, 7) is 3.59. The number of hydrogen-bond donors (Lipinski definition) is 2. The summed E-state index contributed by atoms with van der Waals surface area (Å²) < 4.78 is 1.79. The van der Waals surface area contributed by atoms with Crippen molar-refractivity contribution in [3.05, 3.63) is 47.8 Å². The quantitative estimate of drug-likeness (QED) is 0.891. The lowest BCUT2D eigenvalue weighted by Gasteiger charge is -2.38. The first-order chi connectivity index (χ1) is 11.5. The lowest BCUT2D eigenvalue weighted by molar-refractivity contribution is -0.0209. The Morgan fingerprint density at radius 2 is 1.96 bits per heavy atom. The number of likely N-dealkylation sites (tertiary alicyclic amines) is 1. The van der Waals surface area contributed by atoms with Crippen LogP contribution in [-0.4, -0.2) is 50.9 Å². The number of piperidine rings is 1. The Morgan fingerprint density at radius 3 is 2.50 bits per heavy atom. The zero-order valence-electron chi connectivity index (χ0n) is 14.0. The molecule has 24 heavy (non-hydrogen) atoms. The molecule has 1 aliphatic heterocycles. The van der Waals surface area contributed by atoms with Crippen molar-refractivity contribution in [1.29, 1.82) is 0 Å². The van der Waals surface area contributed by atoms with Gasteiger partial charge >= 0.3 is 0 Å². The van der Waals surface area contributed by atoms with E-state index in [1.54, 1.807) is 15.8 Å². The largest absolute Gasteiger partial charge is 0.390 e. The highest BCUT2D eigenvalue weighted by molar-refractivity contribution is 5.94. The van der Waals surface area contributed by atoms with Crippen LogP contribution in [0.15, 0.2) is 36.7 Å². The number of aliphatic hydroxyl groups is 1. The van der Waals surface area contributed by atoms with Gasteiger partial charge in [-0.3, -0.25) is 4.79 Å². The minimum atomic E-state index is -0.715. The second kappa shape index (κ2) is 6.75. The van der Waals surface area contributed by atoms with Crippen LogP contribution < -0.4 is 5.73 Å². The number of amides is 1. The molecular formula is C18H24N4O2. The molecule has 1 saturated heterocycles. The van der Waals surface area contributed by atoms with Gasteiger partial charge < -0.3 is 15.7 Å². The number of rotatable bonds is 4. The molecule has 3 rings (SSSR count). The van der Waals surface area contributed by atoms with Gasteiger partial charge in [-0.2, -0.15) is 5.10 Å². The van der Waals surface area contributed by atoms with E-state index in [0.29, 0.717) is 44.5 Å². The fraction of sp³-hybridized carbons (Fsp3) is 0.444. The third-order valence-corrected chi connectivity index (χ3v) is 4.68. The highest BCUT2D eigenvalue weighted by Crippen LogP contribution is 2.26. The fourth-order valence-electron chi connectivity index (χ4n) is 3.14. The van der Waals surface area contributed by atoms with Crippen molar-refractivity contribution in [1.82, 2.24) is 14.7 Å². The molecule has 1 fully saturated rings. The third-order valence-electron chi connectivity index (χ3n) is 4.68. The highest BCUT2D eigenvalue weighted by Gasteiger charge is 2.33. The van der Waals surface area contributed by atoms with E-state index in [0.717, 1.165) is 11.3 Å². The summed E-state index contributed by atoms with van der Waals surface area (Å²) in [6.07, 6.45) is 5.50. The van der Waals surface area contributed by atoms with E-state index < -0.39 is 5.60 Å². The van der Waals surface area contributed by atoms with Crippen molar-refractivity contribution in [2.45, 2.75) is 31.8 Å². The molecule has 0 unspecified atom stereocenters. The predicted octanol–water partition coefficient (Wildman–Crippen LogP) is 1.50. The Hall–Kier alpha value is -2.18. The summed E-state index contributed by atoms with van der Waals surface area (Å²) in [5.74, 6) is 0.00740. The molecule has 0 radical (unpaired) electrons. The van der Waals surface area contributed by atoms with Gasteiger partial charge in [0.05, 0.1) is 17.5 Å². The number of benzene rings is 1. The molecule has 128 valence electrons. The maximum atomic E-state index is 12.6. The molecule has 6 nitrogen and oxygen atoms in total. The zero-order chi connectivity index (χ0) is 17.2. The topological polar surface area (TPSA) is 84.4 Å². The van der Waals surface area contributed by atoms with E-state index in [-0.39, 0.29) is 5.91 Å². The monoisotopic (exact) mass is 328 g/mol. The molecular weight excluding hydrogens is 304 g/mol. The summed E-state index contributed by atoms with van der Waals surface area (Å²) in [5.41, 5.74) is 7.51. The second-order valence-electron chi connectivity index (χ2n) is 6.56. The molecule has 2 aromatic rings. The van der Waals surface area contributed by atoms with Crippen LogP contribution in [0.2, 0.25) is 0 Å². The van der Waals surface area contributed by atoms with Gasteiger partial charge in [-0.1, -0.05) is 0 Å². The number of carbonyl (C=O) groups is 1. The second-order valence-corrected chi connectivity index (χ2v) is 6.56. The summed E-state index contributed by atoms with van der Waals surface area (Å²) in [6, 6.07) is 7.45. The summed E-state index contributed by atoms with van der Waals surface area (Å²) >= 11 is 0. The molecule has 2 heterocycles. The van der Waals surface area contributed by atoms with E-state index in [2.05, 4.69) is 5.10 Å². The van der Waals surface area contributed by atoms with Crippen molar-refractivity contribution in [3.63, 3.8) is 0 Å². The SMILES string of the molecule is Cc1cnn(-c2ccc(C(=O)N3CCC(O)(CCN)CC3)cc2)c1. The number of nitrogens with two attached hydrogens (primary N) is 1. The van der Waals surface area contributed by atoms with Crippen molar-refractivity contribution >= 4 is 5.91 Å². The van der Waals surface area contributed by atoms with Crippen molar-refractivity contribution in [3.8, 4) is 5.69 Å². The van der Waals surface area contributed by atoms with Crippen LogP contribution in [0.25, 0.3) is 5.69 Å². The first kappa shape index (κ1) is 16.7. The molecule has 0 atom stereocenters. The van der Waals surface area contributed by atoms with Crippen molar-refractivity contribution < 1.29 is 9.90 Å². The zero-order valence-corrected chi connectivity index (χ0v) is 14.0. The van der Waals surface area contributed by atoms with Gasteiger partial charge in [-0.15, -0.1) is 0 Å². The fourth-order valence-corrected chi connectivity index (χ4v) is 3.14. The van der Waals surface area contributed by atoms with Gasteiger partial charge in [0.2, 0.25) is 0 Å². The average molecular weight is 328 g/mol. The van der Waals surface area contributed by atoms with Crippen molar-refractivity contribution in [2.75, 3.05) is 19.6 Å². The average Bonchev–Trinajstić information content (AvgIpc) is 3.02. The number of carbonyl (C=O) groups excluding carboxylic acids is 1. The summed E-state index contributed by atoms with van der Waals surface area (Å²) in [7, 11) is 0. The molecule has 0 aliphatic carbocycles. The van der Waals surface area contributed by atoms with Gasteiger partial charge in [0.1, 0.15) is 0 Å². The first-order valence-corrected chi connectivity index (χ1v) is 8.34. The standard InChI is InChI=1S/C18H24N4O2/c1-14-12-20-22(13-14)16-4-2-15(3-5-16)17(23)21-10-7-18(24,6-9-19)8-11-21/h2-5,12-13,24H,6-11,19H2,1H3. The first-order valence-electron chi connectivity index (χ1n) is 8.34. The Balaban J connectivity index is 1.66. The normalized spacial score (nSPS) is 17.0. The smallest absolute Gasteiger partial charge is 0.253 e. The molecule has 6 heteroatoms. The molecule has 3 N–H and O–H groups in total. The maximum Gasteiger partial charge on any atom is 0.253 e. The van der Waals surface area contributed by atoms with Crippen LogP contribution in [0, 0.1) is 6.92 Å². The van der Waals surface area contributed by atoms with Gasteiger partial charge in [0.15, 0.2) is 0 Å². The molecule has 1 aromatic carbocycles. The van der Waals surface area contributed by atoms with Crippen LogP contribution in [0.1, 0.15) is 35.2 Å². The van der Waals surface area contributed by atoms with Crippen LogP contribution >= 0.6 is 0 Å². The van der Waals surface area contributed by atoms with Crippen LogP contribution in [0.3, 0.4) is 0 Å². The summed E-state index contributed by atoms with van der Waals surface area (Å²) in [5, 5.41) is 14.6. The number of aryl methyl sites for hydroxylation is 1.